The fraction of sp³-hybridized carbons (Fsp3) is 0.435. The molecule has 0 aliphatic carbocycles. The van der Waals surface area contributed by atoms with Crippen LogP contribution in [0.15, 0.2) is 35.6 Å². The van der Waals surface area contributed by atoms with Crippen LogP contribution in [0.4, 0.5) is 17.5 Å². The van der Waals surface area contributed by atoms with Crippen LogP contribution in [0.25, 0.3) is 5.69 Å². The lowest BCUT2D eigenvalue weighted by Crippen LogP contribution is -2.37. The predicted molar refractivity (Wildman–Crippen MR) is 127 cm³/mol. The molecule has 168 valence electrons. The number of nitrogens with one attached hydrogen (secondary N) is 1. The average molecular weight is 453 g/mol. The van der Waals surface area contributed by atoms with Gasteiger partial charge in [-0.15, -0.1) is 11.8 Å². The maximum Gasteiger partial charge on any atom is 0.229 e. The third-order valence-corrected chi connectivity index (χ3v) is 6.91. The highest BCUT2D eigenvalue weighted by molar-refractivity contribution is 7.99. The van der Waals surface area contributed by atoms with Gasteiger partial charge in [0.1, 0.15) is 11.6 Å². The zero-order chi connectivity index (χ0) is 21.9. The minimum absolute atomic E-state index is 0.626. The minimum Gasteiger partial charge on any atom is -0.494 e. The quantitative estimate of drug-likeness (QED) is 0.623. The molecule has 0 amide bonds. The molecule has 1 N–H and O–H groups in total. The standard InChI is InChI=1S/C23H28N6O2S/c1-16-14-29(15-24-16)19-7-6-17(13-20(19)30-2)25-23-26-18-5-3-4-12-32-21(18)22(27-23)28-8-10-31-11-9-28/h6-7,13-15H,3-5,8-12H2,1-2H3,(H,25,26,27). The van der Waals surface area contributed by atoms with Crippen molar-refractivity contribution in [2.45, 2.75) is 31.1 Å². The van der Waals surface area contributed by atoms with Gasteiger partial charge in [0.25, 0.3) is 0 Å². The number of methoxy groups -OCH3 is 1. The molecule has 1 fully saturated rings. The van der Waals surface area contributed by atoms with Crippen LogP contribution in [-0.2, 0) is 11.2 Å². The van der Waals surface area contributed by atoms with Crippen molar-refractivity contribution in [3.8, 4) is 11.4 Å². The highest BCUT2D eigenvalue weighted by Crippen LogP contribution is 2.37. The highest BCUT2D eigenvalue weighted by atomic mass is 32.2. The maximum absolute atomic E-state index is 5.66. The first kappa shape index (κ1) is 21.1. The molecule has 2 aliphatic rings. The second-order valence-corrected chi connectivity index (χ2v) is 9.09. The van der Waals surface area contributed by atoms with Gasteiger partial charge in [0.05, 0.1) is 48.6 Å². The number of benzene rings is 1. The van der Waals surface area contributed by atoms with E-state index < -0.39 is 0 Å². The van der Waals surface area contributed by atoms with Crippen molar-refractivity contribution < 1.29 is 9.47 Å². The number of morpholine rings is 1. The van der Waals surface area contributed by atoms with Gasteiger partial charge in [-0.2, -0.15) is 4.98 Å². The van der Waals surface area contributed by atoms with Crippen molar-refractivity contribution in [1.82, 2.24) is 19.5 Å². The molecule has 2 aromatic heterocycles. The third-order valence-electron chi connectivity index (χ3n) is 5.71. The van der Waals surface area contributed by atoms with E-state index in [-0.39, 0.29) is 0 Å². The molecule has 3 aromatic rings. The molecule has 2 aliphatic heterocycles. The molecular weight excluding hydrogens is 424 g/mol. The molecule has 0 saturated carbocycles. The van der Waals surface area contributed by atoms with Gasteiger partial charge in [-0.05, 0) is 44.1 Å². The molecule has 5 rings (SSSR count). The van der Waals surface area contributed by atoms with Crippen LogP contribution in [0.2, 0.25) is 0 Å². The number of aromatic nitrogens is 4. The number of nitrogens with zero attached hydrogens (tertiary/aromatic N) is 5. The van der Waals surface area contributed by atoms with Crippen LogP contribution >= 0.6 is 11.8 Å². The molecule has 0 radical (unpaired) electrons. The summed E-state index contributed by atoms with van der Waals surface area (Å²) < 4.78 is 13.2. The average Bonchev–Trinajstić information content (AvgIpc) is 3.11. The summed E-state index contributed by atoms with van der Waals surface area (Å²) >= 11 is 1.89. The second kappa shape index (κ2) is 9.38. The van der Waals surface area contributed by atoms with Gasteiger partial charge in [-0.1, -0.05) is 0 Å². The molecule has 9 heteroatoms. The Labute approximate surface area is 192 Å². The number of hydrogen-bond donors (Lipinski definition) is 1. The molecule has 0 atom stereocenters. The van der Waals surface area contributed by atoms with Crippen LogP contribution in [0.5, 0.6) is 5.75 Å². The minimum atomic E-state index is 0.626. The fourth-order valence-corrected chi connectivity index (χ4v) is 5.24. The van der Waals surface area contributed by atoms with Gasteiger partial charge in [0.2, 0.25) is 5.95 Å². The summed E-state index contributed by atoms with van der Waals surface area (Å²) in [7, 11) is 1.68. The van der Waals surface area contributed by atoms with Crippen LogP contribution in [0.1, 0.15) is 24.2 Å². The van der Waals surface area contributed by atoms with Crippen LogP contribution in [-0.4, -0.2) is 58.7 Å². The van der Waals surface area contributed by atoms with E-state index in [0.29, 0.717) is 5.95 Å². The van der Waals surface area contributed by atoms with Gasteiger partial charge in [-0.3, -0.25) is 0 Å². The first-order chi connectivity index (χ1) is 15.7. The number of thioether (sulfide) groups is 1. The van der Waals surface area contributed by atoms with Crippen LogP contribution in [0, 0.1) is 6.92 Å². The van der Waals surface area contributed by atoms with E-state index >= 15 is 0 Å². The zero-order valence-corrected chi connectivity index (χ0v) is 19.3. The summed E-state index contributed by atoms with van der Waals surface area (Å²) in [4.78, 5) is 17.7. The van der Waals surface area contributed by atoms with E-state index in [9.17, 15) is 0 Å². The lowest BCUT2D eigenvalue weighted by Gasteiger charge is -2.30. The van der Waals surface area contributed by atoms with E-state index in [2.05, 4.69) is 15.2 Å². The number of rotatable bonds is 5. The smallest absolute Gasteiger partial charge is 0.229 e. The summed E-state index contributed by atoms with van der Waals surface area (Å²) in [5, 5.41) is 3.42. The van der Waals surface area contributed by atoms with Crippen molar-refractivity contribution in [3.63, 3.8) is 0 Å². The van der Waals surface area contributed by atoms with Crippen molar-refractivity contribution >= 4 is 29.2 Å². The SMILES string of the molecule is COc1cc(Nc2nc3c(c(N4CCOCC4)n2)SCCCC3)ccc1-n1cnc(C)c1. The lowest BCUT2D eigenvalue weighted by atomic mass is 10.2. The monoisotopic (exact) mass is 452 g/mol. The number of ether oxygens (including phenoxy) is 2. The Morgan fingerprint density at radius 3 is 2.81 bits per heavy atom. The van der Waals surface area contributed by atoms with Crippen LogP contribution < -0.4 is 15.0 Å². The third kappa shape index (κ3) is 4.40. The first-order valence-electron chi connectivity index (χ1n) is 11.0. The Hall–Kier alpha value is -2.78. The first-order valence-corrected chi connectivity index (χ1v) is 12.0. The molecule has 0 unspecified atom stereocenters. The number of fused-ring (bicyclic) bond motifs is 1. The number of aryl methyl sites for hydroxylation is 2. The summed E-state index contributed by atoms with van der Waals surface area (Å²) in [6.45, 7) is 5.16. The maximum atomic E-state index is 5.66. The van der Waals surface area contributed by atoms with E-state index in [1.807, 2.05) is 47.6 Å². The van der Waals surface area contributed by atoms with Crippen molar-refractivity contribution in [3.05, 3.63) is 42.1 Å². The van der Waals surface area contributed by atoms with E-state index in [4.69, 9.17) is 19.4 Å². The molecule has 32 heavy (non-hydrogen) atoms. The Balaban J connectivity index is 1.47. The number of imidazole rings is 1. The zero-order valence-electron chi connectivity index (χ0n) is 18.5. The normalized spacial score (nSPS) is 16.4. The number of hydrogen-bond acceptors (Lipinski definition) is 8. The molecular formula is C23H28N6O2S. The summed E-state index contributed by atoms with van der Waals surface area (Å²) in [6.07, 6.45) is 7.12. The molecule has 8 nitrogen and oxygen atoms in total. The summed E-state index contributed by atoms with van der Waals surface area (Å²) in [6, 6.07) is 6.01. The second-order valence-electron chi connectivity index (χ2n) is 7.99. The van der Waals surface area contributed by atoms with Crippen LogP contribution in [0.3, 0.4) is 0 Å². The van der Waals surface area contributed by atoms with E-state index in [1.54, 1.807) is 13.4 Å². The Morgan fingerprint density at radius 2 is 2.03 bits per heavy atom. The molecule has 1 saturated heterocycles. The lowest BCUT2D eigenvalue weighted by molar-refractivity contribution is 0.122. The Kier molecular flexibility index (Phi) is 6.18. The van der Waals surface area contributed by atoms with Crippen molar-refractivity contribution in [2.75, 3.05) is 49.4 Å². The molecule has 0 spiro atoms. The molecule has 1 aromatic carbocycles. The largest absolute Gasteiger partial charge is 0.494 e. The molecule has 0 bridgehead atoms. The molecule has 4 heterocycles. The summed E-state index contributed by atoms with van der Waals surface area (Å²) in [5.74, 6) is 3.53. The van der Waals surface area contributed by atoms with Crippen molar-refractivity contribution in [1.29, 1.82) is 0 Å². The van der Waals surface area contributed by atoms with Gasteiger partial charge < -0.3 is 24.3 Å². The van der Waals surface area contributed by atoms with Gasteiger partial charge in [-0.25, -0.2) is 9.97 Å². The van der Waals surface area contributed by atoms with Gasteiger partial charge in [0, 0.05) is 31.0 Å². The van der Waals surface area contributed by atoms with E-state index in [0.717, 1.165) is 79.2 Å². The van der Waals surface area contributed by atoms with Gasteiger partial charge in [0.15, 0.2) is 0 Å². The van der Waals surface area contributed by atoms with Gasteiger partial charge >= 0.3 is 0 Å². The summed E-state index contributed by atoms with van der Waals surface area (Å²) in [5.41, 5.74) is 3.92. The number of anilines is 3. The topological polar surface area (TPSA) is 77.3 Å². The predicted octanol–water partition coefficient (Wildman–Crippen LogP) is 3.99. The highest BCUT2D eigenvalue weighted by Gasteiger charge is 2.23. The van der Waals surface area contributed by atoms with E-state index in [1.165, 1.54) is 11.3 Å². The Morgan fingerprint density at radius 1 is 1.16 bits per heavy atom. The Bertz CT molecular complexity index is 1100. The fourth-order valence-electron chi connectivity index (χ4n) is 4.07. The van der Waals surface area contributed by atoms with Crippen molar-refractivity contribution in [2.24, 2.45) is 0 Å².